The Labute approximate surface area is 156 Å². The maximum absolute atomic E-state index is 12.5. The van der Waals surface area contributed by atoms with Gasteiger partial charge < -0.3 is 24.7 Å². The number of carbonyl (C=O) groups excluding carboxylic acids is 2. The van der Waals surface area contributed by atoms with Crippen LogP contribution in [0.15, 0.2) is 47.1 Å². The maximum atomic E-state index is 12.5. The van der Waals surface area contributed by atoms with Gasteiger partial charge in [-0.1, -0.05) is 12.1 Å². The number of benzene rings is 1. The summed E-state index contributed by atoms with van der Waals surface area (Å²) in [6.07, 6.45) is -0.326. The first kappa shape index (κ1) is 19.8. The van der Waals surface area contributed by atoms with E-state index in [1.165, 1.54) is 14.2 Å². The molecule has 0 amide bonds. The smallest absolute Gasteiger partial charge is 0.338 e. The van der Waals surface area contributed by atoms with Gasteiger partial charge in [0.2, 0.25) is 5.88 Å². The van der Waals surface area contributed by atoms with Crippen LogP contribution in [0, 0.1) is 11.3 Å². The van der Waals surface area contributed by atoms with Gasteiger partial charge in [0.1, 0.15) is 29.6 Å². The second-order valence-corrected chi connectivity index (χ2v) is 5.51. The predicted octanol–water partition coefficient (Wildman–Crippen LogP) is 1.88. The van der Waals surface area contributed by atoms with E-state index >= 15 is 0 Å². The summed E-state index contributed by atoms with van der Waals surface area (Å²) in [4.78, 5) is 24.2. The molecule has 1 aliphatic rings. The molecule has 2 N–H and O–H groups in total. The quantitative estimate of drug-likeness (QED) is 0.751. The minimum atomic E-state index is -0.841. The normalized spacial score (nSPS) is 16.3. The molecule has 0 radical (unpaired) electrons. The van der Waals surface area contributed by atoms with Gasteiger partial charge in [0.05, 0.1) is 32.3 Å². The molecular weight excluding hydrogens is 352 g/mol. The summed E-state index contributed by atoms with van der Waals surface area (Å²) in [7, 11) is 2.42. The van der Waals surface area contributed by atoms with E-state index in [9.17, 15) is 14.9 Å². The van der Waals surface area contributed by atoms with Crippen molar-refractivity contribution in [1.29, 1.82) is 5.26 Å². The molecule has 1 atom stereocenters. The van der Waals surface area contributed by atoms with Crippen LogP contribution in [0.3, 0.4) is 0 Å². The van der Waals surface area contributed by atoms with E-state index in [1.807, 2.05) is 13.0 Å². The van der Waals surface area contributed by atoms with Crippen molar-refractivity contribution in [3.05, 3.63) is 52.6 Å². The number of allylic oxidation sites excluding steroid dienone is 1. The second-order valence-electron chi connectivity index (χ2n) is 5.51. The fourth-order valence-corrected chi connectivity index (χ4v) is 2.74. The number of methoxy groups -OCH3 is 2. The summed E-state index contributed by atoms with van der Waals surface area (Å²) in [6.45, 7) is 2.37. The van der Waals surface area contributed by atoms with Crippen LogP contribution in [-0.2, 0) is 23.8 Å². The van der Waals surface area contributed by atoms with Gasteiger partial charge in [-0.15, -0.1) is 0 Å². The van der Waals surface area contributed by atoms with Crippen molar-refractivity contribution in [3.8, 4) is 11.8 Å². The minimum absolute atomic E-state index is 0.0101. The number of esters is 2. The van der Waals surface area contributed by atoms with E-state index in [2.05, 4.69) is 4.74 Å². The molecule has 8 nitrogen and oxygen atoms in total. The van der Waals surface area contributed by atoms with Gasteiger partial charge in [-0.25, -0.2) is 4.79 Å². The molecule has 0 saturated heterocycles. The Balaban J connectivity index is 2.61. The highest BCUT2D eigenvalue weighted by Gasteiger charge is 2.38. The SMILES string of the molecule is CCOc1ccc([C@H]2C(C#N)=C(N)OC(CC(=O)OC)=C2C(=O)OC)cc1. The second kappa shape index (κ2) is 8.76. The number of rotatable bonds is 6. The molecule has 27 heavy (non-hydrogen) atoms. The summed E-state index contributed by atoms with van der Waals surface area (Å²) in [5, 5.41) is 9.56. The highest BCUT2D eigenvalue weighted by molar-refractivity contribution is 5.93. The average molecular weight is 372 g/mol. The van der Waals surface area contributed by atoms with Crippen molar-refractivity contribution in [2.45, 2.75) is 19.3 Å². The first-order chi connectivity index (χ1) is 13.0. The highest BCUT2D eigenvalue weighted by Crippen LogP contribution is 2.40. The van der Waals surface area contributed by atoms with E-state index in [1.54, 1.807) is 24.3 Å². The molecule has 1 aromatic carbocycles. The zero-order valence-electron chi connectivity index (χ0n) is 15.3. The Kier molecular flexibility index (Phi) is 6.44. The molecule has 0 fully saturated rings. The van der Waals surface area contributed by atoms with E-state index in [0.717, 1.165) is 0 Å². The molecule has 2 rings (SSSR count). The van der Waals surface area contributed by atoms with Gasteiger partial charge in [0, 0.05) is 0 Å². The molecule has 8 heteroatoms. The maximum Gasteiger partial charge on any atom is 0.338 e. The minimum Gasteiger partial charge on any atom is -0.494 e. The molecule has 1 aromatic rings. The number of hydrogen-bond acceptors (Lipinski definition) is 8. The predicted molar refractivity (Wildman–Crippen MR) is 93.9 cm³/mol. The van der Waals surface area contributed by atoms with Crippen LogP contribution in [0.1, 0.15) is 24.8 Å². The van der Waals surface area contributed by atoms with Gasteiger partial charge in [-0.2, -0.15) is 5.26 Å². The lowest BCUT2D eigenvalue weighted by Gasteiger charge is -2.27. The van der Waals surface area contributed by atoms with Crippen molar-refractivity contribution >= 4 is 11.9 Å². The van der Waals surface area contributed by atoms with Crippen LogP contribution >= 0.6 is 0 Å². The molecule has 0 spiro atoms. The molecule has 0 saturated carbocycles. The molecule has 0 aliphatic carbocycles. The van der Waals surface area contributed by atoms with Crippen molar-refractivity contribution < 1.29 is 28.5 Å². The first-order valence-electron chi connectivity index (χ1n) is 8.15. The van der Waals surface area contributed by atoms with E-state index in [-0.39, 0.29) is 29.2 Å². The van der Waals surface area contributed by atoms with Crippen LogP contribution in [0.2, 0.25) is 0 Å². The number of hydrogen-bond donors (Lipinski definition) is 1. The summed E-state index contributed by atoms with van der Waals surface area (Å²) >= 11 is 0. The Bertz CT molecular complexity index is 833. The third-order valence-electron chi connectivity index (χ3n) is 3.96. The van der Waals surface area contributed by atoms with Crippen LogP contribution in [0.5, 0.6) is 5.75 Å². The lowest BCUT2D eigenvalue weighted by Crippen LogP contribution is -2.26. The zero-order valence-corrected chi connectivity index (χ0v) is 15.3. The molecule has 1 heterocycles. The Morgan fingerprint density at radius 1 is 1.22 bits per heavy atom. The van der Waals surface area contributed by atoms with Crippen LogP contribution < -0.4 is 10.5 Å². The topological polar surface area (TPSA) is 121 Å². The largest absolute Gasteiger partial charge is 0.494 e. The van der Waals surface area contributed by atoms with Crippen LogP contribution in [0.4, 0.5) is 0 Å². The average Bonchev–Trinajstić information content (AvgIpc) is 2.67. The summed E-state index contributed by atoms with van der Waals surface area (Å²) < 4.78 is 20.3. The standard InChI is InChI=1S/C19H20N2O6/c1-4-26-12-7-5-11(6-8-12)16-13(10-20)18(21)27-14(9-15(22)24-2)17(16)19(23)25-3/h5-8,16H,4,9,21H2,1-3H3/t16-/m0/s1. The van der Waals surface area contributed by atoms with E-state index in [0.29, 0.717) is 17.9 Å². The summed E-state index contributed by atoms with van der Waals surface area (Å²) in [6, 6.07) is 8.84. The molecule has 0 unspecified atom stereocenters. The fourth-order valence-electron chi connectivity index (χ4n) is 2.74. The summed E-state index contributed by atoms with van der Waals surface area (Å²) in [5.74, 6) is -1.74. The lowest BCUT2D eigenvalue weighted by molar-refractivity contribution is -0.140. The van der Waals surface area contributed by atoms with Crippen molar-refractivity contribution in [2.24, 2.45) is 5.73 Å². The van der Waals surface area contributed by atoms with Crippen LogP contribution in [0.25, 0.3) is 0 Å². The van der Waals surface area contributed by atoms with Gasteiger partial charge in [0.25, 0.3) is 0 Å². The van der Waals surface area contributed by atoms with E-state index < -0.39 is 17.9 Å². The summed E-state index contributed by atoms with van der Waals surface area (Å²) in [5.41, 5.74) is 6.55. The molecule has 142 valence electrons. The molecule has 0 bridgehead atoms. The number of nitriles is 1. The van der Waals surface area contributed by atoms with Gasteiger partial charge >= 0.3 is 11.9 Å². The van der Waals surface area contributed by atoms with Gasteiger partial charge in [0.15, 0.2) is 0 Å². The van der Waals surface area contributed by atoms with Crippen molar-refractivity contribution in [2.75, 3.05) is 20.8 Å². The van der Waals surface area contributed by atoms with E-state index in [4.69, 9.17) is 19.9 Å². The van der Waals surface area contributed by atoms with Gasteiger partial charge in [-0.05, 0) is 24.6 Å². The molecular formula is C19H20N2O6. The fraction of sp³-hybridized carbons (Fsp3) is 0.316. The zero-order chi connectivity index (χ0) is 20.0. The third-order valence-corrected chi connectivity index (χ3v) is 3.96. The third kappa shape index (κ3) is 4.20. The van der Waals surface area contributed by atoms with Crippen molar-refractivity contribution in [3.63, 3.8) is 0 Å². The van der Waals surface area contributed by atoms with Crippen LogP contribution in [-0.4, -0.2) is 32.8 Å². The lowest BCUT2D eigenvalue weighted by atomic mass is 9.82. The number of nitrogens with two attached hydrogens (primary N) is 1. The highest BCUT2D eigenvalue weighted by atomic mass is 16.5. The number of ether oxygens (including phenoxy) is 4. The monoisotopic (exact) mass is 372 g/mol. The van der Waals surface area contributed by atoms with Gasteiger partial charge in [-0.3, -0.25) is 4.79 Å². The Hall–Kier alpha value is -3.47. The van der Waals surface area contributed by atoms with Crippen molar-refractivity contribution in [1.82, 2.24) is 0 Å². The Morgan fingerprint density at radius 3 is 2.41 bits per heavy atom. The number of nitrogens with zero attached hydrogens (tertiary/aromatic N) is 1. The first-order valence-corrected chi connectivity index (χ1v) is 8.15. The molecule has 1 aliphatic heterocycles. The number of carbonyl (C=O) groups is 2. The molecule has 0 aromatic heterocycles. The Morgan fingerprint density at radius 2 is 1.89 bits per heavy atom.